The van der Waals surface area contributed by atoms with Crippen LogP contribution in [0.15, 0.2) is 52.5 Å². The number of hydrogen-bond acceptors (Lipinski definition) is 5. The van der Waals surface area contributed by atoms with Crippen molar-refractivity contribution < 1.29 is 9.21 Å². The molecule has 0 fully saturated rings. The molecule has 3 heterocycles. The van der Waals surface area contributed by atoms with Gasteiger partial charge in [0.15, 0.2) is 0 Å². The highest BCUT2D eigenvalue weighted by molar-refractivity contribution is 5.95. The maximum atomic E-state index is 12.9. The molecule has 0 unspecified atom stereocenters. The number of pyridine rings is 1. The predicted molar refractivity (Wildman–Crippen MR) is 95.8 cm³/mol. The molecule has 7 heteroatoms. The lowest BCUT2D eigenvalue weighted by Gasteiger charge is -2.18. The summed E-state index contributed by atoms with van der Waals surface area (Å²) in [4.78, 5) is 35.6. The van der Waals surface area contributed by atoms with E-state index in [1.165, 1.54) is 9.47 Å². The maximum absolute atomic E-state index is 12.9. The van der Waals surface area contributed by atoms with Gasteiger partial charge in [0, 0.05) is 31.5 Å². The van der Waals surface area contributed by atoms with Crippen molar-refractivity contribution >= 4 is 5.91 Å². The van der Waals surface area contributed by atoms with Crippen molar-refractivity contribution in [1.82, 2.24) is 19.4 Å². The Morgan fingerprint density at radius 3 is 2.69 bits per heavy atom. The minimum atomic E-state index is -0.337. The minimum Gasteiger partial charge on any atom is -0.472 e. The van der Waals surface area contributed by atoms with Crippen molar-refractivity contribution in [2.45, 2.75) is 26.9 Å². The quantitative estimate of drug-likeness (QED) is 0.703. The van der Waals surface area contributed by atoms with Crippen LogP contribution in [-0.4, -0.2) is 32.4 Å². The van der Waals surface area contributed by atoms with Gasteiger partial charge in [0.2, 0.25) is 0 Å². The van der Waals surface area contributed by atoms with Crippen molar-refractivity contribution in [1.29, 1.82) is 0 Å². The second kappa shape index (κ2) is 7.35. The van der Waals surface area contributed by atoms with Crippen LogP contribution in [0.3, 0.4) is 0 Å². The van der Waals surface area contributed by atoms with E-state index in [-0.39, 0.29) is 23.6 Å². The van der Waals surface area contributed by atoms with Gasteiger partial charge in [0.05, 0.1) is 36.7 Å². The SMILES string of the molecule is Cc1cnc(Cn2ccc(C)c(C(=O)N(C)Cc3ccoc3)c2=O)cn1. The van der Waals surface area contributed by atoms with E-state index in [1.54, 1.807) is 57.2 Å². The number of nitrogens with zero attached hydrogens (tertiary/aromatic N) is 4. The number of aromatic nitrogens is 3. The zero-order chi connectivity index (χ0) is 18.7. The fraction of sp³-hybridized carbons (Fsp3) is 0.263. The second-order valence-electron chi connectivity index (χ2n) is 6.25. The van der Waals surface area contributed by atoms with E-state index >= 15 is 0 Å². The molecule has 0 atom stereocenters. The first-order valence-electron chi connectivity index (χ1n) is 8.20. The lowest BCUT2D eigenvalue weighted by Crippen LogP contribution is -2.35. The summed E-state index contributed by atoms with van der Waals surface area (Å²) in [6.45, 7) is 4.24. The first-order chi connectivity index (χ1) is 12.5. The van der Waals surface area contributed by atoms with E-state index in [2.05, 4.69) is 9.97 Å². The molecule has 0 radical (unpaired) electrons. The molecule has 0 aliphatic rings. The number of carbonyl (C=O) groups is 1. The van der Waals surface area contributed by atoms with E-state index in [0.29, 0.717) is 17.8 Å². The molecule has 3 aromatic heterocycles. The molecule has 0 aromatic carbocycles. The van der Waals surface area contributed by atoms with E-state index < -0.39 is 0 Å². The van der Waals surface area contributed by atoms with Crippen LogP contribution in [0.25, 0.3) is 0 Å². The van der Waals surface area contributed by atoms with Crippen molar-refractivity contribution in [2.75, 3.05) is 7.05 Å². The van der Waals surface area contributed by atoms with Crippen molar-refractivity contribution in [3.8, 4) is 0 Å². The standard InChI is InChI=1S/C19H20N4O3/c1-13-4-6-23(11-16-9-20-14(2)8-21-16)19(25)17(13)18(24)22(3)10-15-5-7-26-12-15/h4-9,12H,10-11H2,1-3H3. The summed E-state index contributed by atoms with van der Waals surface area (Å²) in [5.41, 5.74) is 2.80. The Labute approximate surface area is 150 Å². The highest BCUT2D eigenvalue weighted by atomic mass is 16.3. The molecule has 0 N–H and O–H groups in total. The maximum Gasteiger partial charge on any atom is 0.264 e. The van der Waals surface area contributed by atoms with Gasteiger partial charge in [-0.05, 0) is 31.5 Å². The van der Waals surface area contributed by atoms with Crippen LogP contribution < -0.4 is 5.56 Å². The molecule has 0 bridgehead atoms. The minimum absolute atomic E-state index is 0.165. The Hall–Kier alpha value is -3.22. The molecule has 134 valence electrons. The van der Waals surface area contributed by atoms with E-state index in [1.807, 2.05) is 6.92 Å². The van der Waals surface area contributed by atoms with Crippen LogP contribution in [0.2, 0.25) is 0 Å². The van der Waals surface area contributed by atoms with Gasteiger partial charge >= 0.3 is 0 Å². The molecule has 0 saturated heterocycles. The van der Waals surface area contributed by atoms with Gasteiger partial charge in [-0.25, -0.2) is 0 Å². The van der Waals surface area contributed by atoms with E-state index in [0.717, 1.165) is 11.3 Å². The summed E-state index contributed by atoms with van der Waals surface area (Å²) in [5, 5.41) is 0. The normalized spacial score (nSPS) is 10.7. The largest absolute Gasteiger partial charge is 0.472 e. The van der Waals surface area contributed by atoms with Gasteiger partial charge in [-0.3, -0.25) is 19.6 Å². The van der Waals surface area contributed by atoms with Gasteiger partial charge in [-0.1, -0.05) is 0 Å². The summed E-state index contributed by atoms with van der Waals surface area (Å²) < 4.78 is 6.50. The van der Waals surface area contributed by atoms with Crippen LogP contribution in [0.1, 0.15) is 32.9 Å². The Morgan fingerprint density at radius 2 is 2.04 bits per heavy atom. The van der Waals surface area contributed by atoms with Gasteiger partial charge in [0.1, 0.15) is 5.56 Å². The van der Waals surface area contributed by atoms with Crippen molar-refractivity contribution in [3.05, 3.63) is 81.7 Å². The Balaban J connectivity index is 1.88. The summed E-state index contributed by atoms with van der Waals surface area (Å²) in [5.74, 6) is -0.321. The fourth-order valence-corrected chi connectivity index (χ4v) is 2.64. The van der Waals surface area contributed by atoms with Gasteiger partial charge in [-0.15, -0.1) is 0 Å². The molecule has 3 rings (SSSR count). The van der Waals surface area contributed by atoms with E-state index in [9.17, 15) is 9.59 Å². The smallest absolute Gasteiger partial charge is 0.264 e. The highest BCUT2D eigenvalue weighted by Crippen LogP contribution is 2.10. The van der Waals surface area contributed by atoms with Gasteiger partial charge in [-0.2, -0.15) is 0 Å². The second-order valence-corrected chi connectivity index (χ2v) is 6.25. The number of amides is 1. The molecule has 26 heavy (non-hydrogen) atoms. The third kappa shape index (κ3) is 3.72. The highest BCUT2D eigenvalue weighted by Gasteiger charge is 2.20. The summed E-state index contributed by atoms with van der Waals surface area (Å²) >= 11 is 0. The van der Waals surface area contributed by atoms with Gasteiger partial charge in [0.25, 0.3) is 11.5 Å². The van der Waals surface area contributed by atoms with Crippen molar-refractivity contribution in [2.24, 2.45) is 0 Å². The van der Waals surface area contributed by atoms with Crippen LogP contribution >= 0.6 is 0 Å². The monoisotopic (exact) mass is 352 g/mol. The number of hydrogen-bond donors (Lipinski definition) is 0. The summed E-state index contributed by atoms with van der Waals surface area (Å²) in [6.07, 6.45) is 8.09. The number of carbonyl (C=O) groups excluding carboxylic acids is 1. The molecule has 0 aliphatic heterocycles. The molecule has 0 spiro atoms. The third-order valence-electron chi connectivity index (χ3n) is 4.10. The molecule has 7 nitrogen and oxygen atoms in total. The Bertz CT molecular complexity index is 959. The topological polar surface area (TPSA) is 81.2 Å². The fourth-order valence-electron chi connectivity index (χ4n) is 2.64. The van der Waals surface area contributed by atoms with Crippen LogP contribution in [-0.2, 0) is 13.1 Å². The zero-order valence-corrected chi connectivity index (χ0v) is 15.0. The number of furan rings is 1. The van der Waals surface area contributed by atoms with E-state index in [4.69, 9.17) is 4.42 Å². The summed E-state index contributed by atoms with van der Waals surface area (Å²) in [7, 11) is 1.66. The molecular formula is C19H20N4O3. The predicted octanol–water partition coefficient (Wildman–Crippen LogP) is 2.17. The average Bonchev–Trinajstić information content (AvgIpc) is 3.12. The first kappa shape index (κ1) is 17.6. The molecule has 3 aromatic rings. The lowest BCUT2D eigenvalue weighted by molar-refractivity contribution is 0.0781. The zero-order valence-electron chi connectivity index (χ0n) is 15.0. The van der Waals surface area contributed by atoms with Crippen molar-refractivity contribution in [3.63, 3.8) is 0 Å². The van der Waals surface area contributed by atoms with Crippen LogP contribution in [0.5, 0.6) is 0 Å². The lowest BCUT2D eigenvalue weighted by atomic mass is 10.1. The summed E-state index contributed by atoms with van der Waals surface area (Å²) in [6, 6.07) is 3.55. The van der Waals surface area contributed by atoms with Gasteiger partial charge < -0.3 is 13.9 Å². The Morgan fingerprint density at radius 1 is 1.23 bits per heavy atom. The molecule has 1 amide bonds. The Kier molecular flexibility index (Phi) is 4.97. The average molecular weight is 352 g/mol. The van der Waals surface area contributed by atoms with Crippen LogP contribution in [0.4, 0.5) is 0 Å². The molecule has 0 saturated carbocycles. The number of rotatable bonds is 5. The number of aryl methyl sites for hydroxylation is 2. The first-order valence-corrected chi connectivity index (χ1v) is 8.20. The molecular weight excluding hydrogens is 332 g/mol. The van der Waals surface area contributed by atoms with Crippen LogP contribution in [0, 0.1) is 13.8 Å². The molecule has 0 aliphatic carbocycles. The third-order valence-corrected chi connectivity index (χ3v) is 4.10.